The molecule has 0 radical (unpaired) electrons. The molecule has 0 atom stereocenters. The van der Waals surface area contributed by atoms with Crippen molar-refractivity contribution in [3.63, 3.8) is 0 Å². The third kappa shape index (κ3) is 2.83. The number of anilines is 1. The van der Waals surface area contributed by atoms with E-state index in [0.717, 1.165) is 16.3 Å². The first kappa shape index (κ1) is 16.8. The first-order valence-electron chi connectivity index (χ1n) is 8.46. The number of fused-ring (bicyclic) bond motifs is 3. The lowest BCUT2D eigenvalue weighted by Crippen LogP contribution is -2.30. The van der Waals surface area contributed by atoms with Crippen molar-refractivity contribution in [3.05, 3.63) is 65.1 Å². The number of benzene rings is 2. The number of aromatic nitrogens is 3. The van der Waals surface area contributed by atoms with E-state index in [9.17, 15) is 9.59 Å². The summed E-state index contributed by atoms with van der Waals surface area (Å²) in [4.78, 5) is 25.3. The molecule has 7 heteroatoms. The van der Waals surface area contributed by atoms with Crippen LogP contribution in [-0.2, 0) is 18.4 Å². The molecule has 7 nitrogen and oxygen atoms in total. The Hall–Kier alpha value is -3.61. The molecule has 0 bridgehead atoms. The largest absolute Gasteiger partial charge is 0.495 e. The van der Waals surface area contributed by atoms with Crippen LogP contribution in [0.3, 0.4) is 0 Å². The van der Waals surface area contributed by atoms with E-state index in [2.05, 4.69) is 10.4 Å². The number of para-hydroxylation sites is 3. The third-order valence-electron chi connectivity index (χ3n) is 4.58. The molecule has 0 aliphatic carbocycles. The maximum atomic E-state index is 12.9. The van der Waals surface area contributed by atoms with Crippen LogP contribution in [0.15, 0.2) is 59.5 Å². The summed E-state index contributed by atoms with van der Waals surface area (Å²) < 4.78 is 8.23. The fourth-order valence-corrected chi connectivity index (χ4v) is 3.30. The number of aryl methyl sites for hydroxylation is 1. The van der Waals surface area contributed by atoms with Gasteiger partial charge in [0.05, 0.1) is 19.0 Å². The highest BCUT2D eigenvalue weighted by atomic mass is 16.5. The average molecular weight is 362 g/mol. The van der Waals surface area contributed by atoms with Gasteiger partial charge in [0.25, 0.3) is 5.56 Å². The molecule has 4 aromatic rings. The van der Waals surface area contributed by atoms with Gasteiger partial charge in [-0.3, -0.25) is 9.59 Å². The topological polar surface area (TPSA) is 78.2 Å². The van der Waals surface area contributed by atoms with Gasteiger partial charge in [0.1, 0.15) is 17.8 Å². The van der Waals surface area contributed by atoms with Crippen LogP contribution >= 0.6 is 0 Å². The standard InChI is InChI=1S/C20H18N4O3/c1-23-16-9-5-3-7-13(16)14-11-21-24(20(26)19(14)23)12-18(25)22-15-8-4-6-10-17(15)27-2/h3-11H,12H2,1-2H3,(H,22,25). The summed E-state index contributed by atoms with van der Waals surface area (Å²) in [5.74, 6) is 0.197. The van der Waals surface area contributed by atoms with Gasteiger partial charge in [0.15, 0.2) is 0 Å². The second-order valence-corrected chi connectivity index (χ2v) is 6.19. The van der Waals surface area contributed by atoms with Crippen LogP contribution in [0.2, 0.25) is 0 Å². The Labute approximate surface area is 154 Å². The van der Waals surface area contributed by atoms with Crippen molar-refractivity contribution in [2.24, 2.45) is 7.05 Å². The van der Waals surface area contributed by atoms with Crippen LogP contribution in [-0.4, -0.2) is 27.4 Å². The van der Waals surface area contributed by atoms with Crippen molar-refractivity contribution in [2.75, 3.05) is 12.4 Å². The Morgan fingerprint density at radius 2 is 1.85 bits per heavy atom. The smallest absolute Gasteiger partial charge is 0.291 e. The number of carbonyl (C=O) groups is 1. The SMILES string of the molecule is COc1ccccc1NC(=O)Cn1ncc2c3ccccc3n(C)c2c1=O. The molecule has 0 fully saturated rings. The van der Waals surface area contributed by atoms with Gasteiger partial charge in [-0.1, -0.05) is 30.3 Å². The minimum Gasteiger partial charge on any atom is -0.495 e. The van der Waals surface area contributed by atoms with Crippen molar-refractivity contribution in [2.45, 2.75) is 6.54 Å². The normalized spacial score (nSPS) is 11.0. The number of hydrogen-bond acceptors (Lipinski definition) is 4. The summed E-state index contributed by atoms with van der Waals surface area (Å²) in [6.07, 6.45) is 1.63. The number of nitrogens with zero attached hydrogens (tertiary/aromatic N) is 3. The summed E-state index contributed by atoms with van der Waals surface area (Å²) in [7, 11) is 3.37. The number of carbonyl (C=O) groups excluding carboxylic acids is 1. The Morgan fingerprint density at radius 1 is 1.11 bits per heavy atom. The summed E-state index contributed by atoms with van der Waals surface area (Å²) in [6, 6.07) is 14.9. The number of ether oxygens (including phenoxy) is 1. The zero-order valence-corrected chi connectivity index (χ0v) is 15.0. The molecule has 4 rings (SSSR count). The van der Waals surface area contributed by atoms with Gasteiger partial charge in [-0.05, 0) is 18.2 Å². The van der Waals surface area contributed by atoms with E-state index < -0.39 is 0 Å². The van der Waals surface area contributed by atoms with Crippen molar-refractivity contribution < 1.29 is 9.53 Å². The molecule has 0 saturated heterocycles. The monoisotopic (exact) mass is 362 g/mol. The molecule has 2 heterocycles. The molecule has 136 valence electrons. The minimum absolute atomic E-state index is 0.186. The molecular formula is C20H18N4O3. The Kier molecular flexibility index (Phi) is 4.12. The zero-order valence-electron chi connectivity index (χ0n) is 15.0. The second kappa shape index (κ2) is 6.60. The first-order chi connectivity index (χ1) is 13.1. The Morgan fingerprint density at radius 3 is 2.67 bits per heavy atom. The Bertz CT molecular complexity index is 1220. The summed E-state index contributed by atoms with van der Waals surface area (Å²) in [5.41, 5.74) is 1.71. The minimum atomic E-state index is -0.354. The lowest BCUT2D eigenvalue weighted by Gasteiger charge is -2.10. The summed E-state index contributed by atoms with van der Waals surface area (Å²) in [6.45, 7) is -0.186. The van der Waals surface area contributed by atoms with E-state index >= 15 is 0 Å². The van der Waals surface area contributed by atoms with Crippen LogP contribution in [0.4, 0.5) is 5.69 Å². The molecule has 27 heavy (non-hydrogen) atoms. The van der Waals surface area contributed by atoms with Gasteiger partial charge in [-0.2, -0.15) is 5.10 Å². The van der Waals surface area contributed by atoms with E-state index in [-0.39, 0.29) is 18.0 Å². The number of hydrogen-bond donors (Lipinski definition) is 1. The molecule has 0 aliphatic heterocycles. The first-order valence-corrected chi connectivity index (χ1v) is 8.46. The van der Waals surface area contributed by atoms with Crippen LogP contribution in [0.1, 0.15) is 0 Å². The maximum Gasteiger partial charge on any atom is 0.291 e. The fraction of sp³-hybridized carbons (Fsp3) is 0.150. The van der Waals surface area contributed by atoms with Gasteiger partial charge in [-0.25, -0.2) is 4.68 Å². The highest BCUT2D eigenvalue weighted by Crippen LogP contribution is 2.25. The van der Waals surface area contributed by atoms with Crippen LogP contribution in [0, 0.1) is 0 Å². The predicted octanol–water partition coefficient (Wildman–Crippen LogP) is 2.54. The van der Waals surface area contributed by atoms with E-state index in [4.69, 9.17) is 4.74 Å². The highest BCUT2D eigenvalue weighted by Gasteiger charge is 2.15. The Balaban J connectivity index is 1.69. The number of nitrogens with one attached hydrogen (secondary N) is 1. The van der Waals surface area contributed by atoms with Crippen molar-refractivity contribution in [1.82, 2.24) is 14.3 Å². The van der Waals surface area contributed by atoms with E-state index in [1.54, 1.807) is 24.4 Å². The second-order valence-electron chi connectivity index (χ2n) is 6.19. The van der Waals surface area contributed by atoms with Gasteiger partial charge in [0.2, 0.25) is 5.91 Å². The van der Waals surface area contributed by atoms with Gasteiger partial charge in [-0.15, -0.1) is 0 Å². The average Bonchev–Trinajstić information content (AvgIpc) is 2.98. The van der Waals surface area contributed by atoms with Crippen LogP contribution < -0.4 is 15.6 Å². The molecule has 1 amide bonds. The third-order valence-corrected chi connectivity index (χ3v) is 4.58. The molecule has 0 unspecified atom stereocenters. The fourth-order valence-electron chi connectivity index (χ4n) is 3.30. The maximum absolute atomic E-state index is 12.9. The van der Waals surface area contributed by atoms with Crippen LogP contribution in [0.25, 0.3) is 21.8 Å². The van der Waals surface area contributed by atoms with E-state index in [1.807, 2.05) is 41.9 Å². The van der Waals surface area contributed by atoms with E-state index in [0.29, 0.717) is 17.0 Å². The van der Waals surface area contributed by atoms with Gasteiger partial charge >= 0.3 is 0 Å². The lowest BCUT2D eigenvalue weighted by atomic mass is 10.2. The van der Waals surface area contributed by atoms with Gasteiger partial charge in [0, 0.05) is 23.3 Å². The van der Waals surface area contributed by atoms with Gasteiger partial charge < -0.3 is 14.6 Å². The quantitative estimate of drug-likeness (QED) is 0.605. The molecular weight excluding hydrogens is 344 g/mol. The lowest BCUT2D eigenvalue weighted by molar-refractivity contribution is -0.117. The van der Waals surface area contributed by atoms with Crippen molar-refractivity contribution >= 4 is 33.4 Å². The molecule has 0 spiro atoms. The summed E-state index contributed by atoms with van der Waals surface area (Å²) >= 11 is 0. The predicted molar refractivity (Wildman–Crippen MR) is 104 cm³/mol. The molecule has 2 aromatic heterocycles. The van der Waals surface area contributed by atoms with E-state index in [1.165, 1.54) is 11.8 Å². The highest BCUT2D eigenvalue weighted by molar-refractivity contribution is 6.07. The number of methoxy groups -OCH3 is 1. The van der Waals surface area contributed by atoms with Crippen molar-refractivity contribution in [3.8, 4) is 5.75 Å². The van der Waals surface area contributed by atoms with Crippen molar-refractivity contribution in [1.29, 1.82) is 0 Å². The number of rotatable bonds is 4. The molecule has 1 N–H and O–H groups in total. The van der Waals surface area contributed by atoms with Crippen LogP contribution in [0.5, 0.6) is 5.75 Å². The summed E-state index contributed by atoms with van der Waals surface area (Å²) in [5, 5.41) is 8.69. The number of amides is 1. The molecule has 2 aromatic carbocycles. The zero-order chi connectivity index (χ0) is 19.0. The molecule has 0 aliphatic rings. The molecule has 0 saturated carbocycles.